The van der Waals surface area contributed by atoms with Crippen LogP contribution in [0.4, 0.5) is 0 Å². The van der Waals surface area contributed by atoms with Gasteiger partial charge in [-0.3, -0.25) is 4.90 Å². The fourth-order valence-corrected chi connectivity index (χ4v) is 3.44. The van der Waals surface area contributed by atoms with E-state index in [9.17, 15) is 0 Å². The van der Waals surface area contributed by atoms with Crippen LogP contribution in [0.15, 0.2) is 30.3 Å². The van der Waals surface area contributed by atoms with Gasteiger partial charge >= 0.3 is 0 Å². The summed E-state index contributed by atoms with van der Waals surface area (Å²) in [5.74, 6) is 1.28. The summed E-state index contributed by atoms with van der Waals surface area (Å²) in [7, 11) is 0. The molecule has 106 valence electrons. The molecule has 1 fully saturated rings. The fraction of sp³-hybridized carbons (Fsp3) is 0.647. The van der Waals surface area contributed by atoms with E-state index in [4.69, 9.17) is 5.73 Å². The second-order valence-electron chi connectivity index (χ2n) is 6.10. The lowest BCUT2D eigenvalue weighted by molar-refractivity contribution is 0.0612. The van der Waals surface area contributed by atoms with E-state index in [0.717, 1.165) is 12.5 Å². The van der Waals surface area contributed by atoms with E-state index < -0.39 is 0 Å². The standard InChI is InChI=1S/C17H28N2/c1-13-8-7-11-19(15(13)3)17(12-18)14(2)16-9-5-4-6-10-16/h4-6,9-10,13-15,17H,7-8,11-12,18H2,1-3H3. The number of nitrogens with zero attached hydrogens (tertiary/aromatic N) is 1. The van der Waals surface area contributed by atoms with Crippen LogP contribution in [-0.2, 0) is 0 Å². The average molecular weight is 260 g/mol. The predicted octanol–water partition coefficient (Wildman–Crippen LogP) is 3.24. The van der Waals surface area contributed by atoms with E-state index in [1.807, 2.05) is 0 Å². The van der Waals surface area contributed by atoms with Gasteiger partial charge < -0.3 is 5.73 Å². The highest BCUT2D eigenvalue weighted by Crippen LogP contribution is 2.30. The lowest BCUT2D eigenvalue weighted by Gasteiger charge is -2.44. The van der Waals surface area contributed by atoms with Gasteiger partial charge in [-0.2, -0.15) is 0 Å². The molecule has 0 aromatic heterocycles. The van der Waals surface area contributed by atoms with Crippen molar-refractivity contribution in [2.45, 2.75) is 51.6 Å². The molecule has 4 unspecified atom stereocenters. The van der Waals surface area contributed by atoms with Crippen molar-refractivity contribution in [2.75, 3.05) is 13.1 Å². The Morgan fingerprint density at radius 1 is 1.26 bits per heavy atom. The zero-order valence-electron chi connectivity index (χ0n) is 12.5. The molecule has 2 nitrogen and oxygen atoms in total. The molecule has 1 aliphatic rings. The van der Waals surface area contributed by atoms with Crippen LogP contribution in [-0.4, -0.2) is 30.1 Å². The van der Waals surface area contributed by atoms with Gasteiger partial charge in [-0.1, -0.05) is 44.2 Å². The first-order valence-corrected chi connectivity index (χ1v) is 7.66. The van der Waals surface area contributed by atoms with Crippen molar-refractivity contribution in [3.05, 3.63) is 35.9 Å². The van der Waals surface area contributed by atoms with E-state index in [-0.39, 0.29) is 0 Å². The maximum absolute atomic E-state index is 6.11. The summed E-state index contributed by atoms with van der Waals surface area (Å²) in [4.78, 5) is 2.64. The molecule has 0 spiro atoms. The van der Waals surface area contributed by atoms with Crippen molar-refractivity contribution >= 4 is 0 Å². The largest absolute Gasteiger partial charge is 0.329 e. The first kappa shape index (κ1) is 14.5. The number of hydrogen-bond acceptors (Lipinski definition) is 2. The maximum atomic E-state index is 6.11. The Morgan fingerprint density at radius 3 is 2.58 bits per heavy atom. The number of likely N-dealkylation sites (tertiary alicyclic amines) is 1. The molecule has 19 heavy (non-hydrogen) atoms. The minimum Gasteiger partial charge on any atom is -0.329 e. The molecule has 2 N–H and O–H groups in total. The lowest BCUT2D eigenvalue weighted by Crippen LogP contribution is -2.52. The van der Waals surface area contributed by atoms with E-state index in [1.165, 1.54) is 24.9 Å². The van der Waals surface area contributed by atoms with Gasteiger partial charge in [0, 0.05) is 18.6 Å². The Balaban J connectivity index is 2.15. The molecule has 0 aliphatic carbocycles. The van der Waals surface area contributed by atoms with Crippen LogP contribution >= 0.6 is 0 Å². The molecule has 1 heterocycles. The fourth-order valence-electron chi connectivity index (χ4n) is 3.44. The predicted molar refractivity (Wildman–Crippen MR) is 82.3 cm³/mol. The van der Waals surface area contributed by atoms with Crippen molar-refractivity contribution in [3.8, 4) is 0 Å². The quantitative estimate of drug-likeness (QED) is 0.900. The Hall–Kier alpha value is -0.860. The molecule has 2 heteroatoms. The van der Waals surface area contributed by atoms with Gasteiger partial charge in [0.1, 0.15) is 0 Å². The molecule has 1 aromatic rings. The van der Waals surface area contributed by atoms with Crippen LogP contribution in [0.25, 0.3) is 0 Å². The molecule has 1 aromatic carbocycles. The Kier molecular flexibility index (Phi) is 5.00. The lowest BCUT2D eigenvalue weighted by atomic mass is 9.86. The van der Waals surface area contributed by atoms with E-state index in [2.05, 4.69) is 56.0 Å². The second kappa shape index (κ2) is 6.53. The van der Waals surface area contributed by atoms with Crippen LogP contribution < -0.4 is 5.73 Å². The van der Waals surface area contributed by atoms with Gasteiger partial charge in [0.25, 0.3) is 0 Å². The Bertz CT molecular complexity index is 376. The monoisotopic (exact) mass is 260 g/mol. The minimum atomic E-state index is 0.458. The summed E-state index contributed by atoms with van der Waals surface area (Å²) in [6, 6.07) is 11.9. The van der Waals surface area contributed by atoms with Crippen LogP contribution in [0.2, 0.25) is 0 Å². The van der Waals surface area contributed by atoms with Crippen molar-refractivity contribution < 1.29 is 0 Å². The number of hydrogen-bond donors (Lipinski definition) is 1. The van der Waals surface area contributed by atoms with Gasteiger partial charge in [0.15, 0.2) is 0 Å². The molecule has 1 saturated heterocycles. The molecule has 0 radical (unpaired) electrons. The van der Waals surface area contributed by atoms with Crippen molar-refractivity contribution in [3.63, 3.8) is 0 Å². The normalized spacial score (nSPS) is 28.0. The van der Waals surface area contributed by atoms with Gasteiger partial charge in [-0.05, 0) is 43.7 Å². The highest BCUT2D eigenvalue weighted by Gasteiger charge is 2.32. The summed E-state index contributed by atoms with van der Waals surface area (Å²) in [5.41, 5.74) is 7.51. The molecule has 0 amide bonds. The number of piperidine rings is 1. The molecule has 2 rings (SSSR count). The third-order valence-electron chi connectivity index (χ3n) is 4.99. The zero-order chi connectivity index (χ0) is 13.8. The molecular weight excluding hydrogens is 232 g/mol. The smallest absolute Gasteiger partial charge is 0.0287 e. The van der Waals surface area contributed by atoms with E-state index >= 15 is 0 Å². The van der Waals surface area contributed by atoms with Crippen LogP contribution in [0.1, 0.15) is 45.1 Å². The number of rotatable bonds is 4. The summed E-state index contributed by atoms with van der Waals surface area (Å²) in [6.07, 6.45) is 2.66. The SMILES string of the molecule is CC1CCCN(C(CN)C(C)c2ccccc2)C1C. The van der Waals surface area contributed by atoms with Gasteiger partial charge in [0.2, 0.25) is 0 Å². The molecule has 4 atom stereocenters. The highest BCUT2D eigenvalue weighted by atomic mass is 15.2. The van der Waals surface area contributed by atoms with Crippen molar-refractivity contribution in [2.24, 2.45) is 11.7 Å². The van der Waals surface area contributed by atoms with Crippen molar-refractivity contribution in [1.82, 2.24) is 4.90 Å². The summed E-state index contributed by atoms with van der Waals surface area (Å²) in [5, 5.41) is 0. The summed E-state index contributed by atoms with van der Waals surface area (Å²) < 4.78 is 0. The van der Waals surface area contributed by atoms with Gasteiger partial charge in [-0.25, -0.2) is 0 Å². The summed E-state index contributed by atoms with van der Waals surface area (Å²) in [6.45, 7) is 9.00. The zero-order valence-corrected chi connectivity index (χ0v) is 12.5. The second-order valence-corrected chi connectivity index (χ2v) is 6.10. The third kappa shape index (κ3) is 3.18. The third-order valence-corrected chi connectivity index (χ3v) is 4.99. The average Bonchev–Trinajstić information content (AvgIpc) is 2.45. The van der Waals surface area contributed by atoms with Gasteiger partial charge in [-0.15, -0.1) is 0 Å². The topological polar surface area (TPSA) is 29.3 Å². The Morgan fingerprint density at radius 2 is 1.95 bits per heavy atom. The maximum Gasteiger partial charge on any atom is 0.0287 e. The molecule has 1 aliphatic heterocycles. The van der Waals surface area contributed by atoms with Crippen LogP contribution in [0.3, 0.4) is 0 Å². The molecule has 0 saturated carbocycles. The molecular formula is C17H28N2. The van der Waals surface area contributed by atoms with Gasteiger partial charge in [0.05, 0.1) is 0 Å². The van der Waals surface area contributed by atoms with E-state index in [1.54, 1.807) is 0 Å². The van der Waals surface area contributed by atoms with Crippen molar-refractivity contribution in [1.29, 1.82) is 0 Å². The Labute approximate surface area is 118 Å². The van der Waals surface area contributed by atoms with Crippen LogP contribution in [0, 0.1) is 5.92 Å². The number of benzene rings is 1. The van der Waals surface area contributed by atoms with E-state index in [0.29, 0.717) is 18.0 Å². The first-order chi connectivity index (χ1) is 9.15. The number of nitrogens with two attached hydrogens (primary N) is 1. The highest BCUT2D eigenvalue weighted by molar-refractivity contribution is 5.21. The summed E-state index contributed by atoms with van der Waals surface area (Å²) >= 11 is 0. The minimum absolute atomic E-state index is 0.458. The first-order valence-electron chi connectivity index (χ1n) is 7.66. The van der Waals surface area contributed by atoms with Crippen LogP contribution in [0.5, 0.6) is 0 Å². The molecule has 0 bridgehead atoms.